The molecule has 18 heavy (non-hydrogen) atoms. The van der Waals surface area contributed by atoms with Crippen molar-refractivity contribution in [3.05, 3.63) is 47.7 Å². The molecule has 2 heterocycles. The molecular formula is C14H18N4. The lowest BCUT2D eigenvalue weighted by atomic mass is 10.1. The number of hydrogen-bond acceptors (Lipinski definition) is 4. The minimum absolute atomic E-state index is 0.408. The first-order chi connectivity index (χ1) is 8.66. The van der Waals surface area contributed by atoms with Gasteiger partial charge in [0, 0.05) is 18.0 Å². The second-order valence-corrected chi connectivity index (χ2v) is 4.60. The second-order valence-electron chi connectivity index (χ2n) is 4.60. The molecule has 0 spiro atoms. The normalized spacial score (nSPS) is 10.7. The average Bonchev–Trinajstić information content (AvgIpc) is 2.38. The van der Waals surface area contributed by atoms with Crippen LogP contribution in [0.5, 0.6) is 0 Å². The Labute approximate surface area is 108 Å². The fourth-order valence-corrected chi connectivity index (χ4v) is 1.66. The Morgan fingerprint density at radius 1 is 1.22 bits per heavy atom. The van der Waals surface area contributed by atoms with Crippen molar-refractivity contribution in [1.29, 1.82) is 0 Å². The number of hydrogen-bond donors (Lipinski definition) is 1. The Kier molecular flexibility index (Phi) is 3.87. The van der Waals surface area contributed by atoms with E-state index >= 15 is 0 Å². The van der Waals surface area contributed by atoms with Gasteiger partial charge in [-0.15, -0.1) is 0 Å². The van der Waals surface area contributed by atoms with Crippen LogP contribution in [0.25, 0.3) is 0 Å². The molecule has 0 bridgehead atoms. The number of pyridine rings is 1. The van der Waals surface area contributed by atoms with Crippen molar-refractivity contribution in [2.45, 2.75) is 33.2 Å². The van der Waals surface area contributed by atoms with E-state index in [1.165, 1.54) is 5.56 Å². The van der Waals surface area contributed by atoms with Gasteiger partial charge in [-0.05, 0) is 24.5 Å². The molecule has 94 valence electrons. The summed E-state index contributed by atoms with van der Waals surface area (Å²) in [6.07, 6.45) is 3.41. The molecule has 2 aromatic heterocycles. The molecule has 0 aliphatic heterocycles. The number of anilines is 1. The third-order valence-electron chi connectivity index (χ3n) is 2.83. The van der Waals surface area contributed by atoms with Gasteiger partial charge in [0.25, 0.3) is 0 Å². The van der Waals surface area contributed by atoms with Gasteiger partial charge in [0.2, 0.25) is 0 Å². The maximum atomic E-state index is 4.34. The number of aryl methyl sites for hydroxylation is 1. The van der Waals surface area contributed by atoms with Crippen molar-refractivity contribution in [2.24, 2.45) is 0 Å². The summed E-state index contributed by atoms with van der Waals surface area (Å²) in [5, 5.41) is 3.28. The molecule has 0 radical (unpaired) electrons. The first-order valence-electron chi connectivity index (χ1n) is 6.13. The van der Waals surface area contributed by atoms with Gasteiger partial charge >= 0.3 is 0 Å². The summed E-state index contributed by atoms with van der Waals surface area (Å²) in [6.45, 7) is 6.98. The standard InChI is InChI=1S/C14H18N4/c1-10(2)12-7-14(18-9-17-12)16-8-13-11(3)5-4-6-15-13/h4-7,9-10H,8H2,1-3H3,(H,16,17,18). The zero-order valence-electron chi connectivity index (χ0n) is 11.0. The number of nitrogens with one attached hydrogen (secondary N) is 1. The van der Waals surface area contributed by atoms with Crippen LogP contribution in [0.1, 0.15) is 36.7 Å². The highest BCUT2D eigenvalue weighted by Crippen LogP contribution is 2.14. The average molecular weight is 242 g/mol. The quantitative estimate of drug-likeness (QED) is 0.895. The molecule has 0 saturated heterocycles. The van der Waals surface area contributed by atoms with Crippen molar-refractivity contribution in [3.63, 3.8) is 0 Å². The van der Waals surface area contributed by atoms with Crippen LogP contribution in [0.4, 0.5) is 5.82 Å². The molecule has 0 fully saturated rings. The zero-order chi connectivity index (χ0) is 13.0. The Hall–Kier alpha value is -1.97. The van der Waals surface area contributed by atoms with E-state index in [-0.39, 0.29) is 0 Å². The van der Waals surface area contributed by atoms with Crippen LogP contribution < -0.4 is 5.32 Å². The molecule has 0 unspecified atom stereocenters. The van der Waals surface area contributed by atoms with Crippen molar-refractivity contribution in [1.82, 2.24) is 15.0 Å². The summed E-state index contributed by atoms with van der Waals surface area (Å²) >= 11 is 0. The Bertz CT molecular complexity index is 523. The van der Waals surface area contributed by atoms with Gasteiger partial charge in [-0.3, -0.25) is 4.98 Å². The molecule has 1 N–H and O–H groups in total. The summed E-state index contributed by atoms with van der Waals surface area (Å²) in [5.41, 5.74) is 3.27. The van der Waals surface area contributed by atoms with Crippen molar-refractivity contribution >= 4 is 5.82 Å². The summed E-state index contributed by atoms with van der Waals surface area (Å²) in [5.74, 6) is 1.25. The molecule has 0 saturated carbocycles. The predicted molar refractivity (Wildman–Crippen MR) is 72.4 cm³/mol. The minimum Gasteiger partial charge on any atom is -0.364 e. The second kappa shape index (κ2) is 5.58. The van der Waals surface area contributed by atoms with Crippen LogP contribution in [0.3, 0.4) is 0 Å². The van der Waals surface area contributed by atoms with E-state index in [1.807, 2.05) is 18.3 Å². The van der Waals surface area contributed by atoms with Crippen LogP contribution >= 0.6 is 0 Å². The summed E-state index contributed by atoms with van der Waals surface area (Å²) in [7, 11) is 0. The molecule has 2 rings (SSSR count). The lowest BCUT2D eigenvalue weighted by Gasteiger charge is -2.09. The number of rotatable bonds is 4. The maximum Gasteiger partial charge on any atom is 0.129 e. The van der Waals surface area contributed by atoms with E-state index in [4.69, 9.17) is 0 Å². The first-order valence-corrected chi connectivity index (χ1v) is 6.13. The highest BCUT2D eigenvalue weighted by molar-refractivity contribution is 5.36. The first kappa shape index (κ1) is 12.5. The van der Waals surface area contributed by atoms with E-state index in [0.29, 0.717) is 12.5 Å². The lowest BCUT2D eigenvalue weighted by Crippen LogP contribution is -2.06. The molecule has 0 aromatic carbocycles. The largest absolute Gasteiger partial charge is 0.364 e. The molecular weight excluding hydrogens is 224 g/mol. The third-order valence-corrected chi connectivity index (χ3v) is 2.83. The Morgan fingerprint density at radius 3 is 2.78 bits per heavy atom. The fourth-order valence-electron chi connectivity index (χ4n) is 1.66. The van der Waals surface area contributed by atoms with E-state index in [0.717, 1.165) is 17.2 Å². The molecule has 0 atom stereocenters. The summed E-state index contributed by atoms with van der Waals surface area (Å²) in [4.78, 5) is 12.8. The highest BCUT2D eigenvalue weighted by Gasteiger charge is 2.04. The van der Waals surface area contributed by atoms with E-state index in [9.17, 15) is 0 Å². The molecule has 4 heteroatoms. The van der Waals surface area contributed by atoms with Gasteiger partial charge in [-0.1, -0.05) is 19.9 Å². The summed E-state index contributed by atoms with van der Waals surface area (Å²) in [6, 6.07) is 5.99. The van der Waals surface area contributed by atoms with E-state index < -0.39 is 0 Å². The highest BCUT2D eigenvalue weighted by atomic mass is 15.0. The van der Waals surface area contributed by atoms with Crippen LogP contribution in [0.2, 0.25) is 0 Å². The monoisotopic (exact) mass is 242 g/mol. The van der Waals surface area contributed by atoms with Gasteiger partial charge in [-0.2, -0.15) is 0 Å². The topological polar surface area (TPSA) is 50.7 Å². The number of aromatic nitrogens is 3. The fraction of sp³-hybridized carbons (Fsp3) is 0.357. The molecule has 0 aliphatic rings. The van der Waals surface area contributed by atoms with Gasteiger partial charge < -0.3 is 5.32 Å². The van der Waals surface area contributed by atoms with Gasteiger partial charge in [0.1, 0.15) is 12.1 Å². The lowest BCUT2D eigenvalue weighted by molar-refractivity contribution is 0.813. The molecule has 2 aromatic rings. The molecule has 0 aliphatic carbocycles. The Morgan fingerprint density at radius 2 is 2.06 bits per heavy atom. The number of nitrogens with zero attached hydrogens (tertiary/aromatic N) is 3. The van der Waals surface area contributed by atoms with Crippen LogP contribution in [0.15, 0.2) is 30.7 Å². The molecule has 0 amide bonds. The smallest absolute Gasteiger partial charge is 0.129 e. The predicted octanol–water partition coefficient (Wildman–Crippen LogP) is 2.92. The van der Waals surface area contributed by atoms with Crippen molar-refractivity contribution < 1.29 is 0 Å². The van der Waals surface area contributed by atoms with Gasteiger partial charge in [0.05, 0.1) is 12.2 Å². The van der Waals surface area contributed by atoms with Gasteiger partial charge in [-0.25, -0.2) is 9.97 Å². The third kappa shape index (κ3) is 3.03. The molecule has 4 nitrogen and oxygen atoms in total. The Balaban J connectivity index is 2.07. The van der Waals surface area contributed by atoms with Crippen LogP contribution in [0, 0.1) is 6.92 Å². The van der Waals surface area contributed by atoms with Crippen molar-refractivity contribution in [3.8, 4) is 0 Å². The van der Waals surface area contributed by atoms with Crippen LogP contribution in [-0.2, 0) is 6.54 Å². The minimum atomic E-state index is 0.408. The van der Waals surface area contributed by atoms with Crippen LogP contribution in [-0.4, -0.2) is 15.0 Å². The van der Waals surface area contributed by atoms with E-state index in [2.05, 4.69) is 47.1 Å². The maximum absolute atomic E-state index is 4.34. The van der Waals surface area contributed by atoms with Gasteiger partial charge in [0.15, 0.2) is 0 Å². The SMILES string of the molecule is Cc1cccnc1CNc1cc(C(C)C)ncn1. The van der Waals surface area contributed by atoms with Crippen molar-refractivity contribution in [2.75, 3.05) is 5.32 Å². The summed E-state index contributed by atoms with van der Waals surface area (Å²) < 4.78 is 0. The van der Waals surface area contributed by atoms with E-state index in [1.54, 1.807) is 6.33 Å². The zero-order valence-corrected chi connectivity index (χ0v) is 11.0.